The van der Waals surface area contributed by atoms with Crippen LogP contribution in [0.25, 0.3) is 16.8 Å². The Bertz CT molecular complexity index is 764. The molecule has 2 aromatic rings. The maximum absolute atomic E-state index is 11.1. The Hall–Kier alpha value is -3.28. The number of amides is 1. The molecule has 0 spiro atoms. The zero-order valence-corrected chi connectivity index (χ0v) is 11.7. The molecule has 0 aromatic heterocycles. The average Bonchev–Trinajstić information content (AvgIpc) is 2.53. The van der Waals surface area contributed by atoms with Crippen LogP contribution in [0.15, 0.2) is 48.2 Å². The van der Waals surface area contributed by atoms with Crippen LogP contribution in [0.5, 0.6) is 0 Å². The van der Waals surface area contributed by atoms with Crippen LogP contribution in [-0.2, 0) is 4.79 Å². The van der Waals surface area contributed by atoms with Gasteiger partial charge in [-0.3, -0.25) is 9.59 Å². The summed E-state index contributed by atoms with van der Waals surface area (Å²) in [6.45, 7) is 0. The Kier molecular flexibility index (Phi) is 4.13. The topological polar surface area (TPSA) is 138 Å². The Balaban J connectivity index is 2.56. The quantitative estimate of drug-likeness (QED) is 0.376. The van der Waals surface area contributed by atoms with Gasteiger partial charge in [0.25, 0.3) is 5.91 Å². The first kappa shape index (κ1) is 15.1. The number of benzene rings is 2. The number of nitrogens with two attached hydrogens (primary N) is 4. The molecule has 0 saturated carbocycles. The Labute approximate surface area is 127 Å². The molecule has 0 aliphatic heterocycles. The molecule has 0 bridgehead atoms. The lowest BCUT2D eigenvalue weighted by molar-refractivity contribution is -0.114. The van der Waals surface area contributed by atoms with Crippen molar-refractivity contribution in [1.82, 2.24) is 0 Å². The molecule has 2 aromatic carbocycles. The number of hydrogen-bond donors (Lipinski definition) is 4. The minimum atomic E-state index is -0.808. The third-order valence-electron chi connectivity index (χ3n) is 3.31. The number of para-hydroxylation sites is 1. The highest BCUT2D eigenvalue weighted by Crippen LogP contribution is 2.31. The first-order chi connectivity index (χ1) is 10.5. The minimum Gasteiger partial charge on any atom is -0.398 e. The zero-order chi connectivity index (χ0) is 16.3. The summed E-state index contributed by atoms with van der Waals surface area (Å²) in [5, 5.41) is 0. The summed E-state index contributed by atoms with van der Waals surface area (Å²) in [6, 6.07) is 12.1. The van der Waals surface area contributed by atoms with E-state index >= 15 is 0 Å². The van der Waals surface area contributed by atoms with Gasteiger partial charge in [0.05, 0.1) is 5.70 Å². The summed E-state index contributed by atoms with van der Waals surface area (Å²) in [4.78, 5) is 21.8. The van der Waals surface area contributed by atoms with Crippen LogP contribution in [0.3, 0.4) is 0 Å². The van der Waals surface area contributed by atoms with Crippen molar-refractivity contribution in [3.05, 3.63) is 59.3 Å². The Morgan fingerprint density at radius 2 is 1.59 bits per heavy atom. The fraction of sp³-hybridized carbons (Fsp3) is 0. The summed E-state index contributed by atoms with van der Waals surface area (Å²) in [5.74, 6) is -0.808. The molecule has 1 amide bonds. The minimum absolute atomic E-state index is 0.0383. The van der Waals surface area contributed by atoms with Gasteiger partial charge in [-0.25, -0.2) is 0 Å². The van der Waals surface area contributed by atoms with E-state index in [1.165, 1.54) is 0 Å². The van der Waals surface area contributed by atoms with Crippen molar-refractivity contribution in [2.24, 2.45) is 17.2 Å². The van der Waals surface area contributed by atoms with Crippen molar-refractivity contribution in [2.75, 3.05) is 5.73 Å². The number of anilines is 1. The van der Waals surface area contributed by atoms with Gasteiger partial charge >= 0.3 is 0 Å². The van der Waals surface area contributed by atoms with Crippen LogP contribution in [0.2, 0.25) is 0 Å². The maximum Gasteiger partial charge on any atom is 0.266 e. The number of carbonyl (C=O) groups is 2. The molecule has 0 unspecified atom stereocenters. The summed E-state index contributed by atoms with van der Waals surface area (Å²) in [6.07, 6.45) is 0.762. The molecular formula is C16H16N4O2. The van der Waals surface area contributed by atoms with E-state index in [1.807, 2.05) is 6.07 Å². The molecule has 6 heteroatoms. The Morgan fingerprint density at radius 3 is 2.14 bits per heavy atom. The van der Waals surface area contributed by atoms with Gasteiger partial charge < -0.3 is 22.9 Å². The van der Waals surface area contributed by atoms with Gasteiger partial charge in [-0.05, 0) is 5.56 Å². The summed E-state index contributed by atoms with van der Waals surface area (Å²) < 4.78 is 0. The van der Waals surface area contributed by atoms with Crippen molar-refractivity contribution in [1.29, 1.82) is 0 Å². The second kappa shape index (κ2) is 6.01. The van der Waals surface area contributed by atoms with Crippen LogP contribution in [0, 0.1) is 0 Å². The van der Waals surface area contributed by atoms with E-state index in [4.69, 9.17) is 22.9 Å². The summed E-state index contributed by atoms with van der Waals surface area (Å²) in [5.41, 5.74) is 25.4. The largest absolute Gasteiger partial charge is 0.398 e. The smallest absolute Gasteiger partial charge is 0.266 e. The zero-order valence-electron chi connectivity index (χ0n) is 11.7. The molecule has 8 N–H and O–H groups in total. The van der Waals surface area contributed by atoms with Crippen molar-refractivity contribution in [2.45, 2.75) is 0 Å². The van der Waals surface area contributed by atoms with Crippen LogP contribution in [0.1, 0.15) is 15.9 Å². The third-order valence-corrected chi connectivity index (χ3v) is 3.31. The van der Waals surface area contributed by atoms with Gasteiger partial charge in [0, 0.05) is 22.4 Å². The second-order valence-corrected chi connectivity index (χ2v) is 4.70. The highest BCUT2D eigenvalue weighted by atomic mass is 16.1. The van der Waals surface area contributed by atoms with Crippen LogP contribution in [-0.4, -0.2) is 12.2 Å². The molecule has 2 rings (SSSR count). The number of nitrogen functional groups attached to an aromatic ring is 1. The Morgan fingerprint density at radius 1 is 0.955 bits per heavy atom. The lowest BCUT2D eigenvalue weighted by Gasteiger charge is -2.13. The molecule has 112 valence electrons. The molecule has 0 aliphatic rings. The second-order valence-electron chi connectivity index (χ2n) is 4.70. The summed E-state index contributed by atoms with van der Waals surface area (Å²) in [7, 11) is 0. The first-order valence-electron chi connectivity index (χ1n) is 6.45. The fourth-order valence-corrected chi connectivity index (χ4v) is 2.07. The normalized spacial score (nSPS) is 11.6. The van der Waals surface area contributed by atoms with E-state index < -0.39 is 5.91 Å². The molecule has 6 nitrogen and oxygen atoms in total. The molecule has 0 heterocycles. The number of hydrogen-bond acceptors (Lipinski definition) is 5. The fourth-order valence-electron chi connectivity index (χ4n) is 2.07. The lowest BCUT2D eigenvalue weighted by Crippen LogP contribution is -2.24. The highest BCUT2D eigenvalue weighted by Gasteiger charge is 2.13. The number of aldehydes is 1. The monoisotopic (exact) mass is 296 g/mol. The SMILES string of the molecule is NC(=O)/C(N)=C(\N)c1cccc(-c2ccc(C=O)cc2)c1N. The van der Waals surface area contributed by atoms with Crippen molar-refractivity contribution >= 4 is 23.6 Å². The molecular weight excluding hydrogens is 280 g/mol. The van der Waals surface area contributed by atoms with Crippen LogP contribution in [0.4, 0.5) is 5.69 Å². The van der Waals surface area contributed by atoms with Gasteiger partial charge in [-0.15, -0.1) is 0 Å². The lowest BCUT2D eigenvalue weighted by atomic mass is 9.97. The molecule has 0 radical (unpaired) electrons. The van der Waals surface area contributed by atoms with Gasteiger partial charge in [0.2, 0.25) is 0 Å². The predicted molar refractivity (Wildman–Crippen MR) is 86.2 cm³/mol. The molecule has 0 saturated heterocycles. The molecule has 22 heavy (non-hydrogen) atoms. The maximum atomic E-state index is 11.1. The van der Waals surface area contributed by atoms with Gasteiger partial charge in [-0.1, -0.05) is 42.5 Å². The highest BCUT2D eigenvalue weighted by molar-refractivity contribution is 6.00. The van der Waals surface area contributed by atoms with Crippen LogP contribution < -0.4 is 22.9 Å². The number of carbonyl (C=O) groups excluding carboxylic acids is 2. The van der Waals surface area contributed by atoms with E-state index in [2.05, 4.69) is 0 Å². The number of rotatable bonds is 4. The van der Waals surface area contributed by atoms with Crippen LogP contribution >= 0.6 is 0 Å². The first-order valence-corrected chi connectivity index (χ1v) is 6.45. The molecule has 0 atom stereocenters. The van der Waals surface area contributed by atoms with Gasteiger partial charge in [-0.2, -0.15) is 0 Å². The van der Waals surface area contributed by atoms with Crippen molar-refractivity contribution < 1.29 is 9.59 Å². The van der Waals surface area contributed by atoms with E-state index in [9.17, 15) is 9.59 Å². The molecule has 0 aliphatic carbocycles. The van der Waals surface area contributed by atoms with E-state index in [0.29, 0.717) is 16.8 Å². The van der Waals surface area contributed by atoms with Gasteiger partial charge in [0.15, 0.2) is 0 Å². The molecule has 0 fully saturated rings. The van der Waals surface area contributed by atoms with E-state index in [1.54, 1.807) is 36.4 Å². The van der Waals surface area contributed by atoms with E-state index in [-0.39, 0.29) is 11.4 Å². The standard InChI is InChI=1S/C16H16N4O2/c17-13-11(10-6-4-9(8-21)5-7-10)2-1-3-12(13)14(18)15(19)16(20)22/h1-8H,17-19H2,(H2,20,22)/b15-14+. The van der Waals surface area contributed by atoms with E-state index in [0.717, 1.165) is 17.4 Å². The van der Waals surface area contributed by atoms with Gasteiger partial charge in [0.1, 0.15) is 12.0 Å². The van der Waals surface area contributed by atoms with Crippen molar-refractivity contribution in [3.63, 3.8) is 0 Å². The third kappa shape index (κ3) is 2.76. The number of primary amides is 1. The predicted octanol–water partition coefficient (Wildman–Crippen LogP) is 0.820. The summed E-state index contributed by atoms with van der Waals surface area (Å²) >= 11 is 0. The average molecular weight is 296 g/mol. The van der Waals surface area contributed by atoms with Crippen molar-refractivity contribution in [3.8, 4) is 11.1 Å².